The average Bonchev–Trinajstić information content (AvgIpc) is 2.74. The second kappa shape index (κ2) is 4.02. The molecule has 1 aliphatic carbocycles. The lowest BCUT2D eigenvalue weighted by atomic mass is 10.0. The SMILES string of the molecule is CC(=O)c1ccc2c(c1)Cc1cc([N+](=O)[O-])ccc1-2. The van der Waals surface area contributed by atoms with Crippen molar-refractivity contribution in [3.05, 3.63) is 63.2 Å². The minimum atomic E-state index is -0.385. The van der Waals surface area contributed by atoms with Crippen molar-refractivity contribution < 1.29 is 9.72 Å². The van der Waals surface area contributed by atoms with E-state index in [-0.39, 0.29) is 16.4 Å². The molecule has 2 aromatic rings. The number of nitro benzene ring substituents is 1. The highest BCUT2D eigenvalue weighted by Gasteiger charge is 2.21. The monoisotopic (exact) mass is 253 g/mol. The summed E-state index contributed by atoms with van der Waals surface area (Å²) in [7, 11) is 0. The molecular formula is C15H11NO3. The van der Waals surface area contributed by atoms with Crippen LogP contribution in [0.15, 0.2) is 36.4 Å². The van der Waals surface area contributed by atoms with E-state index >= 15 is 0 Å². The Hall–Kier alpha value is -2.49. The summed E-state index contributed by atoms with van der Waals surface area (Å²) in [4.78, 5) is 21.8. The molecule has 4 nitrogen and oxygen atoms in total. The van der Waals surface area contributed by atoms with Crippen LogP contribution in [0.1, 0.15) is 28.4 Å². The van der Waals surface area contributed by atoms with Gasteiger partial charge in [-0.2, -0.15) is 0 Å². The lowest BCUT2D eigenvalue weighted by Crippen LogP contribution is -1.93. The molecule has 19 heavy (non-hydrogen) atoms. The van der Waals surface area contributed by atoms with Gasteiger partial charge in [0.05, 0.1) is 4.92 Å². The highest BCUT2D eigenvalue weighted by molar-refractivity contribution is 5.95. The smallest absolute Gasteiger partial charge is 0.269 e. The van der Waals surface area contributed by atoms with Crippen LogP contribution in [0.2, 0.25) is 0 Å². The average molecular weight is 253 g/mol. The number of non-ortho nitro benzene ring substituents is 1. The first kappa shape index (κ1) is 11.6. The Bertz CT molecular complexity index is 658. The molecule has 3 rings (SSSR count). The van der Waals surface area contributed by atoms with Crippen LogP contribution >= 0.6 is 0 Å². The van der Waals surface area contributed by atoms with Crippen LogP contribution in [0, 0.1) is 10.1 Å². The molecule has 0 aliphatic heterocycles. The zero-order chi connectivity index (χ0) is 13.6. The van der Waals surface area contributed by atoms with E-state index in [4.69, 9.17) is 0 Å². The second-order valence-electron chi connectivity index (χ2n) is 4.70. The summed E-state index contributed by atoms with van der Waals surface area (Å²) in [6.07, 6.45) is 0.646. The van der Waals surface area contributed by atoms with Gasteiger partial charge < -0.3 is 0 Å². The van der Waals surface area contributed by atoms with Crippen molar-refractivity contribution in [1.82, 2.24) is 0 Å². The largest absolute Gasteiger partial charge is 0.295 e. The highest BCUT2D eigenvalue weighted by atomic mass is 16.6. The number of rotatable bonds is 2. The van der Waals surface area contributed by atoms with Crippen molar-refractivity contribution in [3.63, 3.8) is 0 Å². The van der Waals surface area contributed by atoms with E-state index in [1.807, 2.05) is 12.1 Å². The fourth-order valence-corrected chi connectivity index (χ4v) is 2.53. The molecule has 0 atom stereocenters. The fourth-order valence-electron chi connectivity index (χ4n) is 2.53. The van der Waals surface area contributed by atoms with E-state index in [0.717, 1.165) is 22.3 Å². The standard InChI is InChI=1S/C15H11NO3/c1-9(17)10-2-4-14-11(6-10)7-12-8-13(16(18)19)3-5-15(12)14/h2-6,8H,7H2,1H3. The third-order valence-corrected chi connectivity index (χ3v) is 3.48. The molecule has 0 radical (unpaired) electrons. The first-order chi connectivity index (χ1) is 9.06. The summed E-state index contributed by atoms with van der Waals surface area (Å²) in [5.74, 6) is 0.0322. The Morgan fingerprint density at radius 3 is 2.37 bits per heavy atom. The van der Waals surface area contributed by atoms with Gasteiger partial charge in [0.25, 0.3) is 5.69 Å². The Kier molecular flexibility index (Phi) is 2.45. The number of nitro groups is 1. The van der Waals surface area contributed by atoms with Crippen LogP contribution in [-0.2, 0) is 6.42 Å². The molecule has 94 valence electrons. The quantitative estimate of drug-likeness (QED) is 0.399. The minimum Gasteiger partial charge on any atom is -0.295 e. The third-order valence-electron chi connectivity index (χ3n) is 3.48. The van der Waals surface area contributed by atoms with Gasteiger partial charge in [-0.15, -0.1) is 0 Å². The molecular weight excluding hydrogens is 242 g/mol. The fraction of sp³-hybridized carbons (Fsp3) is 0.133. The third kappa shape index (κ3) is 1.81. The Labute approximate surface area is 109 Å². The number of Topliss-reactive ketones (excluding diaryl/α,β-unsaturated/α-hetero) is 1. The Morgan fingerprint density at radius 2 is 1.74 bits per heavy atom. The maximum atomic E-state index is 11.4. The van der Waals surface area contributed by atoms with Crippen molar-refractivity contribution >= 4 is 11.5 Å². The number of ketones is 1. The molecule has 4 heteroatoms. The number of benzene rings is 2. The molecule has 0 N–H and O–H groups in total. The number of hydrogen-bond donors (Lipinski definition) is 0. The maximum absolute atomic E-state index is 11.4. The molecule has 2 aromatic carbocycles. The Morgan fingerprint density at radius 1 is 1.11 bits per heavy atom. The van der Waals surface area contributed by atoms with Gasteiger partial charge in [-0.05, 0) is 47.7 Å². The van der Waals surface area contributed by atoms with Gasteiger partial charge in [-0.3, -0.25) is 14.9 Å². The lowest BCUT2D eigenvalue weighted by molar-refractivity contribution is -0.384. The molecule has 0 heterocycles. The van der Waals surface area contributed by atoms with Gasteiger partial charge in [-0.1, -0.05) is 12.1 Å². The van der Waals surface area contributed by atoms with Crippen LogP contribution in [0.4, 0.5) is 5.69 Å². The summed E-state index contributed by atoms with van der Waals surface area (Å²) in [5.41, 5.74) is 4.89. The van der Waals surface area contributed by atoms with Gasteiger partial charge in [0.1, 0.15) is 0 Å². The normalized spacial score (nSPS) is 11.8. The van der Waals surface area contributed by atoms with E-state index in [1.54, 1.807) is 18.2 Å². The van der Waals surface area contributed by atoms with Crippen LogP contribution < -0.4 is 0 Å². The van der Waals surface area contributed by atoms with Crippen molar-refractivity contribution in [2.75, 3.05) is 0 Å². The summed E-state index contributed by atoms with van der Waals surface area (Å²) < 4.78 is 0. The van der Waals surface area contributed by atoms with E-state index < -0.39 is 0 Å². The van der Waals surface area contributed by atoms with Gasteiger partial charge in [0, 0.05) is 17.7 Å². The number of hydrogen-bond acceptors (Lipinski definition) is 3. The number of carbonyl (C=O) groups is 1. The summed E-state index contributed by atoms with van der Waals surface area (Å²) in [5, 5.41) is 10.8. The van der Waals surface area contributed by atoms with Crippen LogP contribution in [0.3, 0.4) is 0 Å². The molecule has 0 amide bonds. The molecule has 0 bridgehead atoms. The van der Waals surface area contributed by atoms with Gasteiger partial charge in [0.2, 0.25) is 0 Å². The summed E-state index contributed by atoms with van der Waals surface area (Å²) in [6, 6.07) is 10.5. The Balaban J connectivity index is 2.10. The summed E-state index contributed by atoms with van der Waals surface area (Å²) in [6.45, 7) is 1.54. The molecule has 0 unspecified atom stereocenters. The van der Waals surface area contributed by atoms with Crippen LogP contribution in [-0.4, -0.2) is 10.7 Å². The topological polar surface area (TPSA) is 60.2 Å². The maximum Gasteiger partial charge on any atom is 0.269 e. The zero-order valence-electron chi connectivity index (χ0n) is 10.3. The highest BCUT2D eigenvalue weighted by Crippen LogP contribution is 2.38. The molecule has 0 fully saturated rings. The number of carbonyl (C=O) groups excluding carboxylic acids is 1. The molecule has 0 saturated carbocycles. The molecule has 0 saturated heterocycles. The molecule has 1 aliphatic rings. The summed E-state index contributed by atoms with van der Waals surface area (Å²) >= 11 is 0. The lowest BCUT2D eigenvalue weighted by Gasteiger charge is -2.02. The first-order valence-electron chi connectivity index (χ1n) is 5.98. The van der Waals surface area contributed by atoms with E-state index in [0.29, 0.717) is 12.0 Å². The second-order valence-corrected chi connectivity index (χ2v) is 4.70. The van der Waals surface area contributed by atoms with Gasteiger partial charge in [0.15, 0.2) is 5.78 Å². The van der Waals surface area contributed by atoms with Crippen molar-refractivity contribution in [2.24, 2.45) is 0 Å². The predicted molar refractivity (Wildman–Crippen MR) is 71.3 cm³/mol. The van der Waals surface area contributed by atoms with Crippen molar-refractivity contribution in [2.45, 2.75) is 13.3 Å². The van der Waals surface area contributed by atoms with Gasteiger partial charge >= 0.3 is 0 Å². The predicted octanol–water partition coefficient (Wildman–Crippen LogP) is 3.37. The molecule has 0 aromatic heterocycles. The van der Waals surface area contributed by atoms with E-state index in [2.05, 4.69) is 0 Å². The number of nitrogens with zero attached hydrogens (tertiary/aromatic N) is 1. The zero-order valence-corrected chi connectivity index (χ0v) is 10.3. The van der Waals surface area contributed by atoms with Crippen LogP contribution in [0.5, 0.6) is 0 Å². The van der Waals surface area contributed by atoms with Crippen molar-refractivity contribution in [1.29, 1.82) is 0 Å². The van der Waals surface area contributed by atoms with E-state index in [9.17, 15) is 14.9 Å². The van der Waals surface area contributed by atoms with E-state index in [1.165, 1.54) is 13.0 Å². The van der Waals surface area contributed by atoms with Gasteiger partial charge in [-0.25, -0.2) is 0 Å². The van der Waals surface area contributed by atoms with Crippen molar-refractivity contribution in [3.8, 4) is 11.1 Å². The van der Waals surface area contributed by atoms with Crippen LogP contribution in [0.25, 0.3) is 11.1 Å². The minimum absolute atomic E-state index is 0.0322. The first-order valence-corrected chi connectivity index (χ1v) is 5.98. The number of fused-ring (bicyclic) bond motifs is 3. The molecule has 0 spiro atoms.